The van der Waals surface area contributed by atoms with Crippen LogP contribution in [0.5, 0.6) is 5.75 Å². The van der Waals surface area contributed by atoms with Gasteiger partial charge in [-0.15, -0.1) is 0 Å². The van der Waals surface area contributed by atoms with Gasteiger partial charge in [-0.25, -0.2) is 8.42 Å². The summed E-state index contributed by atoms with van der Waals surface area (Å²) in [5, 5.41) is 2.98. The van der Waals surface area contributed by atoms with Crippen LogP contribution < -0.4 is 10.1 Å². The topological polar surface area (TPSA) is 96.0 Å². The van der Waals surface area contributed by atoms with Crippen molar-refractivity contribution < 1.29 is 22.7 Å². The van der Waals surface area contributed by atoms with Crippen LogP contribution in [0, 0.1) is 0 Å². The number of sulfonamides is 1. The van der Waals surface area contributed by atoms with Crippen molar-refractivity contribution in [3.63, 3.8) is 0 Å². The van der Waals surface area contributed by atoms with E-state index in [2.05, 4.69) is 5.32 Å². The molecule has 0 saturated heterocycles. The van der Waals surface area contributed by atoms with E-state index in [0.29, 0.717) is 12.3 Å². The molecule has 40 heavy (non-hydrogen) atoms. The van der Waals surface area contributed by atoms with Crippen molar-refractivity contribution in [3.8, 4) is 5.75 Å². The Kier molecular flexibility index (Phi) is 11.7. The maximum atomic E-state index is 14.0. The Morgan fingerprint density at radius 2 is 1.43 bits per heavy atom. The lowest BCUT2D eigenvalue weighted by Crippen LogP contribution is -2.53. The highest BCUT2D eigenvalue weighted by Crippen LogP contribution is 2.19. The molecule has 0 spiro atoms. The summed E-state index contributed by atoms with van der Waals surface area (Å²) in [6, 6.07) is 25.1. The van der Waals surface area contributed by atoms with Gasteiger partial charge in [0.05, 0.1) is 19.9 Å². The summed E-state index contributed by atoms with van der Waals surface area (Å²) in [4.78, 5) is 29.1. The van der Waals surface area contributed by atoms with Gasteiger partial charge in [0, 0.05) is 26.1 Å². The van der Waals surface area contributed by atoms with E-state index in [-0.39, 0.29) is 25.4 Å². The lowest BCUT2D eigenvalue weighted by Gasteiger charge is -2.33. The summed E-state index contributed by atoms with van der Waals surface area (Å²) < 4.78 is 31.9. The molecule has 9 heteroatoms. The molecule has 2 amide bonds. The quantitative estimate of drug-likeness (QED) is 0.281. The van der Waals surface area contributed by atoms with Crippen LogP contribution in [0.25, 0.3) is 0 Å². The van der Waals surface area contributed by atoms with Gasteiger partial charge >= 0.3 is 0 Å². The maximum Gasteiger partial charge on any atom is 0.243 e. The zero-order chi connectivity index (χ0) is 29.0. The predicted molar refractivity (Wildman–Crippen MR) is 157 cm³/mol. The van der Waals surface area contributed by atoms with Crippen LogP contribution in [0.3, 0.4) is 0 Å². The standard InChI is InChI=1S/C31H39N3O5S/c1-4-5-20-32-31(36)29(21-25-12-8-6-9-13-25)34(23-27-16-18-28(39-2)19-17-27)30(35)24-33(40(3,37)38)22-26-14-10-7-11-15-26/h6-19,29H,4-5,20-24H2,1-3H3,(H,32,36). The van der Waals surface area contributed by atoms with Crippen molar-refractivity contribution in [2.24, 2.45) is 0 Å². The molecule has 214 valence electrons. The fraction of sp³-hybridized carbons (Fsp3) is 0.355. The lowest BCUT2D eigenvalue weighted by molar-refractivity contribution is -0.141. The molecule has 0 heterocycles. The fourth-order valence-electron chi connectivity index (χ4n) is 4.31. The van der Waals surface area contributed by atoms with Crippen molar-refractivity contribution in [2.75, 3.05) is 26.5 Å². The number of nitrogens with one attached hydrogen (secondary N) is 1. The molecule has 3 aromatic carbocycles. The molecule has 1 N–H and O–H groups in total. The number of ether oxygens (including phenoxy) is 1. The molecule has 0 aliphatic carbocycles. The Morgan fingerprint density at radius 1 is 0.850 bits per heavy atom. The lowest BCUT2D eigenvalue weighted by atomic mass is 10.0. The molecule has 0 aromatic heterocycles. The summed E-state index contributed by atoms with van der Waals surface area (Å²) >= 11 is 0. The van der Waals surface area contributed by atoms with Crippen LogP contribution in [0.4, 0.5) is 0 Å². The van der Waals surface area contributed by atoms with Crippen molar-refractivity contribution in [3.05, 3.63) is 102 Å². The molecular weight excluding hydrogens is 526 g/mol. The number of hydrogen-bond acceptors (Lipinski definition) is 5. The highest BCUT2D eigenvalue weighted by atomic mass is 32.2. The summed E-state index contributed by atoms with van der Waals surface area (Å²) in [5.74, 6) is -0.0530. The van der Waals surface area contributed by atoms with Gasteiger partial charge in [0.15, 0.2) is 0 Å². The first-order valence-electron chi connectivity index (χ1n) is 13.4. The van der Waals surface area contributed by atoms with E-state index in [1.165, 1.54) is 4.90 Å². The van der Waals surface area contributed by atoms with Gasteiger partial charge in [0.2, 0.25) is 21.8 Å². The summed E-state index contributed by atoms with van der Waals surface area (Å²) in [7, 11) is -2.15. The molecule has 8 nitrogen and oxygen atoms in total. The van der Waals surface area contributed by atoms with Crippen molar-refractivity contribution in [1.82, 2.24) is 14.5 Å². The van der Waals surface area contributed by atoms with Gasteiger partial charge in [-0.3, -0.25) is 9.59 Å². The van der Waals surface area contributed by atoms with Crippen LogP contribution in [0.1, 0.15) is 36.5 Å². The number of carbonyl (C=O) groups is 2. The minimum atomic E-state index is -3.73. The molecule has 3 rings (SSSR count). The monoisotopic (exact) mass is 565 g/mol. The smallest absolute Gasteiger partial charge is 0.243 e. The predicted octanol–water partition coefficient (Wildman–Crippen LogP) is 4.01. The number of benzene rings is 3. The normalized spacial score (nSPS) is 12.1. The summed E-state index contributed by atoms with van der Waals surface area (Å²) in [6.07, 6.45) is 3.12. The van der Waals surface area contributed by atoms with Crippen LogP contribution in [0.2, 0.25) is 0 Å². The second kappa shape index (κ2) is 15.2. The molecule has 3 aromatic rings. The van der Waals surface area contributed by atoms with Gasteiger partial charge in [-0.05, 0) is 35.2 Å². The molecule has 0 bridgehead atoms. The van der Waals surface area contributed by atoms with Gasteiger partial charge in [0.25, 0.3) is 0 Å². The molecule has 0 aliphatic heterocycles. The molecule has 0 fully saturated rings. The van der Waals surface area contributed by atoms with Crippen molar-refractivity contribution >= 4 is 21.8 Å². The van der Waals surface area contributed by atoms with E-state index in [9.17, 15) is 18.0 Å². The van der Waals surface area contributed by atoms with Gasteiger partial charge in [0.1, 0.15) is 11.8 Å². The zero-order valence-electron chi connectivity index (χ0n) is 23.5. The van der Waals surface area contributed by atoms with E-state index in [4.69, 9.17) is 4.74 Å². The summed E-state index contributed by atoms with van der Waals surface area (Å²) in [5.41, 5.74) is 2.46. The summed E-state index contributed by atoms with van der Waals surface area (Å²) in [6.45, 7) is 2.32. The Hall–Kier alpha value is -3.69. The highest BCUT2D eigenvalue weighted by molar-refractivity contribution is 7.88. The third kappa shape index (κ3) is 9.50. The molecular formula is C31H39N3O5S. The molecule has 1 unspecified atom stereocenters. The largest absolute Gasteiger partial charge is 0.497 e. The first-order valence-corrected chi connectivity index (χ1v) is 15.3. The Labute approximate surface area is 238 Å². The number of amides is 2. The molecule has 0 saturated carbocycles. The second-order valence-electron chi connectivity index (χ2n) is 9.74. The average Bonchev–Trinajstić information content (AvgIpc) is 2.95. The Morgan fingerprint density at radius 3 is 1.98 bits per heavy atom. The van der Waals surface area contributed by atoms with E-state index in [1.54, 1.807) is 19.2 Å². The first kappa shape index (κ1) is 30.8. The first-order chi connectivity index (χ1) is 19.2. The number of rotatable bonds is 15. The average molecular weight is 566 g/mol. The molecule has 0 aliphatic rings. The minimum absolute atomic E-state index is 0.0494. The van der Waals surface area contributed by atoms with Gasteiger partial charge < -0.3 is 15.0 Å². The van der Waals surface area contributed by atoms with Crippen molar-refractivity contribution in [1.29, 1.82) is 0 Å². The van der Waals surface area contributed by atoms with E-state index in [1.807, 2.05) is 79.7 Å². The second-order valence-corrected chi connectivity index (χ2v) is 11.7. The number of methoxy groups -OCH3 is 1. The maximum absolute atomic E-state index is 14.0. The van der Waals surface area contributed by atoms with E-state index in [0.717, 1.165) is 40.1 Å². The van der Waals surface area contributed by atoms with Gasteiger partial charge in [-0.1, -0.05) is 86.1 Å². The van der Waals surface area contributed by atoms with Crippen LogP contribution >= 0.6 is 0 Å². The minimum Gasteiger partial charge on any atom is -0.497 e. The van der Waals surface area contributed by atoms with Crippen LogP contribution in [-0.2, 0) is 39.1 Å². The zero-order valence-corrected chi connectivity index (χ0v) is 24.3. The van der Waals surface area contributed by atoms with E-state index < -0.39 is 28.5 Å². The van der Waals surface area contributed by atoms with E-state index >= 15 is 0 Å². The Bertz CT molecular complexity index is 1320. The van der Waals surface area contributed by atoms with Gasteiger partial charge in [-0.2, -0.15) is 4.31 Å². The highest BCUT2D eigenvalue weighted by Gasteiger charge is 2.32. The Balaban J connectivity index is 1.97. The van der Waals surface area contributed by atoms with Crippen LogP contribution in [0.15, 0.2) is 84.9 Å². The number of carbonyl (C=O) groups excluding carboxylic acids is 2. The number of unbranched alkanes of at least 4 members (excludes halogenated alkanes) is 1. The number of nitrogens with zero attached hydrogens (tertiary/aromatic N) is 2. The third-order valence-corrected chi connectivity index (χ3v) is 7.79. The fourth-order valence-corrected chi connectivity index (χ4v) is 5.04. The van der Waals surface area contributed by atoms with Crippen molar-refractivity contribution in [2.45, 2.75) is 45.3 Å². The molecule has 1 atom stereocenters. The van der Waals surface area contributed by atoms with Crippen LogP contribution in [-0.4, -0.2) is 61.9 Å². The third-order valence-electron chi connectivity index (χ3n) is 6.60. The number of hydrogen-bond donors (Lipinski definition) is 1. The SMILES string of the molecule is CCCCNC(=O)C(Cc1ccccc1)N(Cc1ccc(OC)cc1)C(=O)CN(Cc1ccccc1)S(C)(=O)=O. The molecule has 0 radical (unpaired) electrons.